The summed E-state index contributed by atoms with van der Waals surface area (Å²) < 4.78 is 0. The topological polar surface area (TPSA) is 94.1 Å². The molecule has 2 aromatic heterocycles. The van der Waals surface area contributed by atoms with Crippen LogP contribution in [0.15, 0.2) is 30.3 Å². The fraction of sp³-hybridized carbons (Fsp3) is 0.409. The van der Waals surface area contributed by atoms with Gasteiger partial charge in [0.15, 0.2) is 5.65 Å². The van der Waals surface area contributed by atoms with Crippen molar-refractivity contribution in [2.75, 3.05) is 14.1 Å². The summed E-state index contributed by atoms with van der Waals surface area (Å²) in [6.07, 6.45) is 4.15. The van der Waals surface area contributed by atoms with Gasteiger partial charge in [-0.25, -0.2) is 4.98 Å². The average Bonchev–Trinajstić information content (AvgIpc) is 3.09. The number of nitrogens with one attached hydrogen (secondary N) is 2. The number of aryl methyl sites for hydroxylation is 1. The van der Waals surface area contributed by atoms with Gasteiger partial charge in [-0.1, -0.05) is 0 Å². The van der Waals surface area contributed by atoms with Crippen molar-refractivity contribution in [3.8, 4) is 17.0 Å². The minimum atomic E-state index is -0.0877. The highest BCUT2D eigenvalue weighted by atomic mass is 16.3. The first-order valence-corrected chi connectivity index (χ1v) is 10.0. The van der Waals surface area contributed by atoms with Crippen molar-refractivity contribution in [3.05, 3.63) is 41.6 Å². The normalized spacial score (nSPS) is 19.6. The molecule has 2 heterocycles. The van der Waals surface area contributed by atoms with Crippen molar-refractivity contribution in [1.29, 1.82) is 0 Å². The predicted octanol–water partition coefficient (Wildman–Crippen LogP) is 3.24. The van der Waals surface area contributed by atoms with Crippen molar-refractivity contribution in [3.63, 3.8) is 0 Å². The van der Waals surface area contributed by atoms with Crippen LogP contribution in [0.5, 0.6) is 5.75 Å². The molecule has 1 amide bonds. The summed E-state index contributed by atoms with van der Waals surface area (Å²) in [5.41, 5.74) is 3.43. The molecule has 29 heavy (non-hydrogen) atoms. The third-order valence-electron chi connectivity index (χ3n) is 5.88. The molecule has 1 fully saturated rings. The Morgan fingerprint density at radius 2 is 1.86 bits per heavy atom. The van der Waals surface area contributed by atoms with Crippen molar-refractivity contribution >= 4 is 16.9 Å². The lowest BCUT2D eigenvalue weighted by Crippen LogP contribution is -2.41. The van der Waals surface area contributed by atoms with Crippen LogP contribution in [0.3, 0.4) is 0 Å². The molecule has 7 nitrogen and oxygen atoms in total. The third kappa shape index (κ3) is 3.96. The number of carbonyl (C=O) groups is 1. The molecule has 0 aliphatic heterocycles. The number of nitrogens with zero attached hydrogens (tertiary/aromatic N) is 3. The highest BCUT2D eigenvalue weighted by Crippen LogP contribution is 2.28. The molecule has 0 atom stereocenters. The van der Waals surface area contributed by atoms with Crippen molar-refractivity contribution < 1.29 is 9.90 Å². The molecule has 1 saturated carbocycles. The Kier molecular flexibility index (Phi) is 5.24. The fourth-order valence-corrected chi connectivity index (χ4v) is 4.14. The highest BCUT2D eigenvalue weighted by molar-refractivity contribution is 6.07. The molecule has 0 radical (unpaired) electrons. The predicted molar refractivity (Wildman–Crippen MR) is 113 cm³/mol. The second kappa shape index (κ2) is 7.83. The summed E-state index contributed by atoms with van der Waals surface area (Å²) in [6, 6.07) is 9.40. The van der Waals surface area contributed by atoms with Crippen LogP contribution in [-0.2, 0) is 0 Å². The lowest BCUT2D eigenvalue weighted by Gasteiger charge is -2.33. The summed E-state index contributed by atoms with van der Waals surface area (Å²) >= 11 is 0. The lowest BCUT2D eigenvalue weighted by molar-refractivity contribution is 0.0917. The summed E-state index contributed by atoms with van der Waals surface area (Å²) in [5.74, 6) is 0.105. The molecule has 1 aliphatic carbocycles. The number of aromatic hydroxyl groups is 1. The molecule has 0 spiro atoms. The summed E-state index contributed by atoms with van der Waals surface area (Å²) in [4.78, 5) is 20.1. The van der Waals surface area contributed by atoms with Gasteiger partial charge in [-0.2, -0.15) is 5.10 Å². The smallest absolute Gasteiger partial charge is 0.252 e. The SMILES string of the molecule is Cc1n[nH]c2nc(-c3ccc(O)cc3)cc(C(=O)NC3CCC(N(C)C)CC3)c12. The van der Waals surface area contributed by atoms with Gasteiger partial charge in [0.05, 0.1) is 22.3 Å². The van der Waals surface area contributed by atoms with Crippen LogP contribution in [0.25, 0.3) is 22.3 Å². The lowest BCUT2D eigenvalue weighted by atomic mass is 9.90. The number of phenolic OH excluding ortho intramolecular Hbond substituents is 1. The van der Waals surface area contributed by atoms with Crippen LogP contribution in [0.4, 0.5) is 0 Å². The zero-order chi connectivity index (χ0) is 20.5. The van der Waals surface area contributed by atoms with E-state index >= 15 is 0 Å². The molecule has 1 aromatic carbocycles. The van der Waals surface area contributed by atoms with Gasteiger partial charge in [0.2, 0.25) is 0 Å². The third-order valence-corrected chi connectivity index (χ3v) is 5.88. The van der Waals surface area contributed by atoms with Crippen LogP contribution in [0.2, 0.25) is 0 Å². The second-order valence-corrected chi connectivity index (χ2v) is 8.08. The van der Waals surface area contributed by atoms with E-state index in [9.17, 15) is 9.90 Å². The van der Waals surface area contributed by atoms with Crippen molar-refractivity contribution in [2.45, 2.75) is 44.7 Å². The molecule has 152 valence electrons. The second-order valence-electron chi connectivity index (χ2n) is 8.08. The van der Waals surface area contributed by atoms with E-state index in [4.69, 9.17) is 0 Å². The number of aromatic nitrogens is 3. The van der Waals surface area contributed by atoms with E-state index in [-0.39, 0.29) is 17.7 Å². The van der Waals surface area contributed by atoms with Gasteiger partial charge in [0.1, 0.15) is 5.75 Å². The molecule has 3 aromatic rings. The largest absolute Gasteiger partial charge is 0.508 e. The van der Waals surface area contributed by atoms with Gasteiger partial charge in [-0.3, -0.25) is 9.89 Å². The number of aromatic amines is 1. The van der Waals surface area contributed by atoms with Crippen LogP contribution >= 0.6 is 0 Å². The van der Waals surface area contributed by atoms with Crippen LogP contribution < -0.4 is 5.32 Å². The van der Waals surface area contributed by atoms with Gasteiger partial charge in [-0.15, -0.1) is 0 Å². The van der Waals surface area contributed by atoms with Gasteiger partial charge in [0.25, 0.3) is 5.91 Å². The van der Waals surface area contributed by atoms with Crippen LogP contribution in [0, 0.1) is 6.92 Å². The van der Waals surface area contributed by atoms with Crippen molar-refractivity contribution in [1.82, 2.24) is 25.4 Å². The van der Waals surface area contributed by atoms with E-state index in [0.717, 1.165) is 42.3 Å². The minimum Gasteiger partial charge on any atom is -0.508 e. The highest BCUT2D eigenvalue weighted by Gasteiger charge is 2.25. The van der Waals surface area contributed by atoms with E-state index in [0.29, 0.717) is 22.9 Å². The molecule has 7 heteroatoms. The quantitative estimate of drug-likeness (QED) is 0.633. The van der Waals surface area contributed by atoms with Gasteiger partial charge in [0, 0.05) is 17.6 Å². The summed E-state index contributed by atoms with van der Waals surface area (Å²) in [6.45, 7) is 1.87. The zero-order valence-electron chi connectivity index (χ0n) is 17.1. The molecular weight excluding hydrogens is 366 g/mol. The number of pyridine rings is 1. The van der Waals surface area contributed by atoms with E-state index in [2.05, 4.69) is 39.5 Å². The van der Waals surface area contributed by atoms with Crippen LogP contribution in [0.1, 0.15) is 41.7 Å². The van der Waals surface area contributed by atoms with Gasteiger partial charge in [-0.05, 0) is 77.0 Å². The molecule has 1 aliphatic rings. The molecular formula is C22H27N5O2. The maximum absolute atomic E-state index is 13.2. The molecule has 0 saturated heterocycles. The average molecular weight is 393 g/mol. The Bertz CT molecular complexity index is 1020. The number of hydrogen-bond acceptors (Lipinski definition) is 5. The number of rotatable bonds is 4. The first kappa shape index (κ1) is 19.4. The number of fused-ring (bicyclic) bond motifs is 1. The number of benzene rings is 1. The Morgan fingerprint density at radius 1 is 1.17 bits per heavy atom. The van der Waals surface area contributed by atoms with Crippen LogP contribution in [-0.4, -0.2) is 57.3 Å². The molecule has 3 N–H and O–H groups in total. The Hall–Kier alpha value is -2.93. The van der Waals surface area contributed by atoms with E-state index < -0.39 is 0 Å². The summed E-state index contributed by atoms with van der Waals surface area (Å²) in [7, 11) is 4.23. The zero-order valence-corrected chi connectivity index (χ0v) is 17.1. The number of amides is 1. The number of phenols is 1. The standard InChI is InChI=1S/C22H27N5O2/c1-13-20-18(22(29)23-15-6-8-16(9-7-15)27(2)3)12-19(24-21(20)26-25-13)14-4-10-17(28)11-5-14/h4-5,10-12,15-16,28H,6-9H2,1-3H3,(H,23,29)(H,24,25,26). The fourth-order valence-electron chi connectivity index (χ4n) is 4.14. The first-order valence-electron chi connectivity index (χ1n) is 10.0. The number of hydrogen-bond donors (Lipinski definition) is 3. The minimum absolute atomic E-state index is 0.0877. The number of carbonyl (C=O) groups excluding carboxylic acids is 1. The monoisotopic (exact) mass is 393 g/mol. The first-order chi connectivity index (χ1) is 13.9. The van der Waals surface area contributed by atoms with Gasteiger partial charge >= 0.3 is 0 Å². The molecule has 0 bridgehead atoms. The molecule has 0 unspecified atom stereocenters. The van der Waals surface area contributed by atoms with Gasteiger partial charge < -0.3 is 15.3 Å². The molecule has 4 rings (SSSR count). The maximum Gasteiger partial charge on any atom is 0.252 e. The van der Waals surface area contributed by atoms with E-state index in [1.54, 1.807) is 24.3 Å². The summed E-state index contributed by atoms with van der Waals surface area (Å²) in [5, 5.41) is 20.7. The van der Waals surface area contributed by atoms with E-state index in [1.165, 1.54) is 0 Å². The Labute approximate surface area is 170 Å². The van der Waals surface area contributed by atoms with E-state index in [1.807, 2.05) is 13.0 Å². The number of H-pyrrole nitrogens is 1. The maximum atomic E-state index is 13.2. The Balaban J connectivity index is 1.62. The Morgan fingerprint density at radius 3 is 2.52 bits per heavy atom. The van der Waals surface area contributed by atoms with Crippen molar-refractivity contribution in [2.24, 2.45) is 0 Å².